The first-order valence-corrected chi connectivity index (χ1v) is 8.34. The van der Waals surface area contributed by atoms with Crippen LogP contribution in [-0.2, 0) is 11.2 Å². The van der Waals surface area contributed by atoms with Gasteiger partial charge in [0.25, 0.3) is 0 Å². The lowest BCUT2D eigenvalue weighted by Crippen LogP contribution is -2.43. The largest absolute Gasteiger partial charge is 0.480 e. The van der Waals surface area contributed by atoms with Gasteiger partial charge in [0, 0.05) is 5.69 Å². The van der Waals surface area contributed by atoms with Crippen LogP contribution in [0.4, 0.5) is 10.5 Å². The van der Waals surface area contributed by atoms with Crippen molar-refractivity contribution in [3.05, 3.63) is 29.8 Å². The molecular formula is C15H22N2O3S. The molecule has 0 saturated carbocycles. The normalized spacial score (nSPS) is 11.7. The molecule has 0 spiro atoms. The van der Waals surface area contributed by atoms with Gasteiger partial charge in [0.2, 0.25) is 0 Å². The van der Waals surface area contributed by atoms with Crippen molar-refractivity contribution in [2.45, 2.75) is 32.2 Å². The van der Waals surface area contributed by atoms with Crippen molar-refractivity contribution in [1.29, 1.82) is 0 Å². The summed E-state index contributed by atoms with van der Waals surface area (Å²) in [5.74, 6) is -0.333. The molecule has 0 aliphatic carbocycles. The number of thioether (sulfide) groups is 1. The predicted molar refractivity (Wildman–Crippen MR) is 87.0 cm³/mol. The smallest absolute Gasteiger partial charge is 0.326 e. The molecule has 21 heavy (non-hydrogen) atoms. The lowest BCUT2D eigenvalue weighted by atomic mass is 10.1. The Kier molecular flexibility index (Phi) is 7.68. The molecule has 1 atom stereocenters. The number of carboxylic acids is 1. The maximum atomic E-state index is 11.8. The molecular weight excluding hydrogens is 288 g/mol. The van der Waals surface area contributed by atoms with Crippen molar-refractivity contribution in [2.75, 3.05) is 17.3 Å². The highest BCUT2D eigenvalue weighted by Gasteiger charge is 2.19. The topological polar surface area (TPSA) is 78.4 Å². The van der Waals surface area contributed by atoms with E-state index in [4.69, 9.17) is 5.11 Å². The van der Waals surface area contributed by atoms with Crippen LogP contribution in [0.5, 0.6) is 0 Å². The van der Waals surface area contributed by atoms with Gasteiger partial charge in [0.05, 0.1) is 0 Å². The van der Waals surface area contributed by atoms with Crippen molar-refractivity contribution in [1.82, 2.24) is 5.32 Å². The molecule has 0 aliphatic rings. The molecule has 3 N–H and O–H groups in total. The SMILES string of the molecule is CCCc1ccc(NC(=O)N[C@@H](CCSC)C(=O)O)cc1. The minimum atomic E-state index is -1.02. The average Bonchev–Trinajstić information content (AvgIpc) is 2.45. The lowest BCUT2D eigenvalue weighted by Gasteiger charge is -2.14. The molecule has 0 unspecified atom stereocenters. The summed E-state index contributed by atoms with van der Waals surface area (Å²) >= 11 is 1.55. The first kappa shape index (κ1) is 17.4. The van der Waals surface area contributed by atoms with Gasteiger partial charge < -0.3 is 15.7 Å². The fourth-order valence-corrected chi connectivity index (χ4v) is 2.33. The molecule has 6 heteroatoms. The Morgan fingerprint density at radius 3 is 2.48 bits per heavy atom. The standard InChI is InChI=1S/C15H22N2O3S/c1-3-4-11-5-7-12(8-6-11)16-15(20)17-13(14(18)19)9-10-21-2/h5-8,13H,3-4,9-10H2,1-2H3,(H,18,19)(H2,16,17,20)/t13-/m0/s1. The Morgan fingerprint density at radius 1 is 1.29 bits per heavy atom. The van der Waals surface area contributed by atoms with Gasteiger partial charge in [0.15, 0.2) is 0 Å². The number of urea groups is 1. The summed E-state index contributed by atoms with van der Waals surface area (Å²) in [5, 5.41) is 14.2. The van der Waals surface area contributed by atoms with Crippen molar-refractivity contribution in [2.24, 2.45) is 0 Å². The number of anilines is 1. The van der Waals surface area contributed by atoms with E-state index in [0.717, 1.165) is 12.8 Å². The zero-order chi connectivity index (χ0) is 15.7. The Labute approximate surface area is 129 Å². The Balaban J connectivity index is 2.52. The number of amides is 2. The summed E-state index contributed by atoms with van der Waals surface area (Å²) in [7, 11) is 0. The van der Waals surface area contributed by atoms with E-state index < -0.39 is 18.0 Å². The van der Waals surface area contributed by atoms with Crippen LogP contribution in [0.15, 0.2) is 24.3 Å². The third kappa shape index (κ3) is 6.53. The van der Waals surface area contributed by atoms with Crippen molar-refractivity contribution in [3.63, 3.8) is 0 Å². The van der Waals surface area contributed by atoms with Crippen LogP contribution < -0.4 is 10.6 Å². The maximum Gasteiger partial charge on any atom is 0.326 e. The third-order valence-electron chi connectivity index (χ3n) is 2.96. The maximum absolute atomic E-state index is 11.8. The number of carboxylic acid groups (broad SMARTS) is 1. The minimum absolute atomic E-state index is 0.402. The predicted octanol–water partition coefficient (Wildman–Crippen LogP) is 2.97. The van der Waals surface area contributed by atoms with Crippen LogP contribution in [0.3, 0.4) is 0 Å². The second kappa shape index (κ2) is 9.28. The van der Waals surface area contributed by atoms with E-state index in [-0.39, 0.29) is 0 Å². The van der Waals surface area contributed by atoms with Crippen molar-refractivity contribution in [3.8, 4) is 0 Å². The molecule has 1 aromatic rings. The molecule has 116 valence electrons. The Bertz CT molecular complexity index is 462. The highest BCUT2D eigenvalue weighted by atomic mass is 32.2. The first-order chi connectivity index (χ1) is 10.1. The molecule has 0 fully saturated rings. The number of aliphatic carboxylic acids is 1. The van der Waals surface area contributed by atoms with Gasteiger partial charge in [-0.1, -0.05) is 25.5 Å². The fraction of sp³-hybridized carbons (Fsp3) is 0.467. The zero-order valence-corrected chi connectivity index (χ0v) is 13.2. The summed E-state index contributed by atoms with van der Waals surface area (Å²) in [6.07, 6.45) is 4.38. The van der Waals surface area contributed by atoms with Gasteiger partial charge in [-0.05, 0) is 42.5 Å². The molecule has 0 radical (unpaired) electrons. The van der Waals surface area contributed by atoms with E-state index in [0.29, 0.717) is 17.9 Å². The minimum Gasteiger partial charge on any atom is -0.480 e. The third-order valence-corrected chi connectivity index (χ3v) is 3.61. The molecule has 0 aromatic heterocycles. The summed E-state index contributed by atoms with van der Waals surface area (Å²) in [5.41, 5.74) is 1.87. The summed E-state index contributed by atoms with van der Waals surface area (Å²) < 4.78 is 0. The van der Waals surface area contributed by atoms with E-state index in [1.165, 1.54) is 5.56 Å². The van der Waals surface area contributed by atoms with Crippen LogP contribution in [0.1, 0.15) is 25.3 Å². The van der Waals surface area contributed by atoms with E-state index in [1.54, 1.807) is 11.8 Å². The number of carbonyl (C=O) groups is 2. The van der Waals surface area contributed by atoms with Gasteiger partial charge in [-0.2, -0.15) is 11.8 Å². The van der Waals surface area contributed by atoms with Crippen LogP contribution in [0, 0.1) is 0 Å². The van der Waals surface area contributed by atoms with Crippen molar-refractivity contribution < 1.29 is 14.7 Å². The Morgan fingerprint density at radius 2 is 1.95 bits per heavy atom. The fourth-order valence-electron chi connectivity index (χ4n) is 1.86. The van der Waals surface area contributed by atoms with Crippen LogP contribution in [0.25, 0.3) is 0 Å². The highest BCUT2D eigenvalue weighted by molar-refractivity contribution is 7.98. The average molecular weight is 310 g/mol. The quantitative estimate of drug-likeness (QED) is 0.690. The number of nitrogens with one attached hydrogen (secondary N) is 2. The molecule has 0 bridgehead atoms. The van der Waals surface area contributed by atoms with E-state index in [2.05, 4.69) is 17.6 Å². The van der Waals surface area contributed by atoms with Crippen LogP contribution in [0.2, 0.25) is 0 Å². The molecule has 1 rings (SSSR count). The van der Waals surface area contributed by atoms with Crippen LogP contribution >= 0.6 is 11.8 Å². The van der Waals surface area contributed by atoms with Gasteiger partial charge in [0.1, 0.15) is 6.04 Å². The summed E-state index contributed by atoms with van der Waals surface area (Å²) in [6, 6.07) is 6.21. The molecule has 0 saturated heterocycles. The summed E-state index contributed by atoms with van der Waals surface area (Å²) in [4.78, 5) is 22.9. The lowest BCUT2D eigenvalue weighted by molar-refractivity contribution is -0.139. The monoisotopic (exact) mass is 310 g/mol. The second-order valence-corrected chi connectivity index (χ2v) is 5.70. The van der Waals surface area contributed by atoms with Gasteiger partial charge in [-0.25, -0.2) is 9.59 Å². The highest BCUT2D eigenvalue weighted by Crippen LogP contribution is 2.11. The Hall–Kier alpha value is -1.69. The molecule has 1 aromatic carbocycles. The molecule has 0 aliphatic heterocycles. The molecule has 2 amide bonds. The van der Waals surface area contributed by atoms with Gasteiger partial charge in [-0.15, -0.1) is 0 Å². The molecule has 5 nitrogen and oxygen atoms in total. The van der Waals surface area contributed by atoms with E-state index in [9.17, 15) is 9.59 Å². The van der Waals surface area contributed by atoms with E-state index >= 15 is 0 Å². The number of carbonyl (C=O) groups excluding carboxylic acids is 1. The second-order valence-electron chi connectivity index (χ2n) is 4.72. The van der Waals surface area contributed by atoms with Gasteiger partial charge in [-0.3, -0.25) is 0 Å². The summed E-state index contributed by atoms with van der Waals surface area (Å²) in [6.45, 7) is 2.11. The van der Waals surface area contributed by atoms with E-state index in [1.807, 2.05) is 30.5 Å². The number of benzene rings is 1. The van der Waals surface area contributed by atoms with Crippen molar-refractivity contribution >= 4 is 29.4 Å². The van der Waals surface area contributed by atoms with Crippen LogP contribution in [-0.4, -0.2) is 35.2 Å². The number of hydrogen-bond donors (Lipinski definition) is 3. The first-order valence-electron chi connectivity index (χ1n) is 6.95. The van der Waals surface area contributed by atoms with Gasteiger partial charge >= 0.3 is 12.0 Å². The zero-order valence-electron chi connectivity index (χ0n) is 12.4. The number of aryl methyl sites for hydroxylation is 1. The number of rotatable bonds is 8. The number of hydrogen-bond acceptors (Lipinski definition) is 3. The molecule has 0 heterocycles.